The molecule has 0 aromatic carbocycles. The molecule has 0 N–H and O–H groups in total. The smallest absolute Gasteiger partial charge is 0.305 e. The van der Waals surface area contributed by atoms with Gasteiger partial charge in [0.15, 0.2) is 0 Å². The second-order valence-corrected chi connectivity index (χ2v) is 3.87. The summed E-state index contributed by atoms with van der Waals surface area (Å²) in [7, 11) is 0. The molecule has 78 valence electrons. The van der Waals surface area contributed by atoms with E-state index in [2.05, 4.69) is 22.9 Å². The first-order valence-corrected chi connectivity index (χ1v) is 6.15. The lowest BCUT2D eigenvalue weighted by Gasteiger charge is -2.02. The molecule has 0 radical (unpaired) electrons. The maximum absolute atomic E-state index is 11.0. The Bertz CT molecular complexity index is 126. The summed E-state index contributed by atoms with van der Waals surface area (Å²) in [4.78, 5) is 11.0. The van der Waals surface area contributed by atoms with Gasteiger partial charge in [-0.1, -0.05) is 35.7 Å². The van der Waals surface area contributed by atoms with E-state index in [9.17, 15) is 4.79 Å². The minimum absolute atomic E-state index is 0.0389. The molecule has 0 aliphatic rings. The monoisotopic (exact) mass is 250 g/mol. The molecule has 0 aromatic rings. The average molecular weight is 251 g/mol. The second kappa shape index (κ2) is 10.0. The Morgan fingerprint density at radius 3 is 2.62 bits per heavy atom. The van der Waals surface area contributed by atoms with Crippen LogP contribution in [0.25, 0.3) is 0 Å². The van der Waals surface area contributed by atoms with E-state index in [-0.39, 0.29) is 5.97 Å². The van der Waals surface area contributed by atoms with Crippen LogP contribution in [0, 0.1) is 0 Å². The zero-order valence-corrected chi connectivity index (χ0v) is 9.94. The zero-order valence-electron chi connectivity index (χ0n) is 8.35. The molecule has 0 fully saturated rings. The van der Waals surface area contributed by atoms with Crippen LogP contribution >= 0.6 is 15.9 Å². The molecule has 0 saturated heterocycles. The summed E-state index contributed by atoms with van der Waals surface area (Å²) in [5.41, 5.74) is 0. The molecule has 0 atom stereocenters. The van der Waals surface area contributed by atoms with Crippen molar-refractivity contribution in [2.24, 2.45) is 0 Å². The number of esters is 1. The highest BCUT2D eigenvalue weighted by atomic mass is 79.9. The number of unbranched alkanes of at least 4 members (excludes halogenated alkanes) is 3. The quantitative estimate of drug-likeness (QED) is 0.376. The van der Waals surface area contributed by atoms with Gasteiger partial charge in [-0.2, -0.15) is 0 Å². The van der Waals surface area contributed by atoms with Crippen LogP contribution in [0.2, 0.25) is 0 Å². The molecule has 3 heteroatoms. The Morgan fingerprint density at radius 1 is 1.23 bits per heavy atom. The van der Waals surface area contributed by atoms with Crippen LogP contribution in [0.4, 0.5) is 0 Å². The minimum atomic E-state index is -0.0389. The van der Waals surface area contributed by atoms with Crippen molar-refractivity contribution in [3.8, 4) is 0 Å². The number of halogens is 1. The Labute approximate surface area is 89.2 Å². The van der Waals surface area contributed by atoms with Crippen LogP contribution < -0.4 is 0 Å². The van der Waals surface area contributed by atoms with Gasteiger partial charge >= 0.3 is 5.97 Å². The van der Waals surface area contributed by atoms with E-state index in [1.807, 2.05) is 0 Å². The highest BCUT2D eigenvalue weighted by Gasteiger charge is 2.00. The third-order valence-corrected chi connectivity index (χ3v) is 2.34. The fourth-order valence-corrected chi connectivity index (χ4v) is 1.34. The lowest BCUT2D eigenvalue weighted by Crippen LogP contribution is -2.05. The Hall–Kier alpha value is -0.0500. The van der Waals surface area contributed by atoms with Crippen molar-refractivity contribution in [2.45, 2.75) is 45.4 Å². The summed E-state index contributed by atoms with van der Waals surface area (Å²) in [5, 5.41) is 1.03. The Balaban J connectivity index is 3.11. The number of carbonyl (C=O) groups excluding carboxylic acids is 1. The summed E-state index contributed by atoms with van der Waals surface area (Å²) in [6.45, 7) is 2.68. The highest BCUT2D eigenvalue weighted by molar-refractivity contribution is 9.09. The largest absolute Gasteiger partial charge is 0.466 e. The van der Waals surface area contributed by atoms with Crippen molar-refractivity contribution in [1.29, 1.82) is 0 Å². The van der Waals surface area contributed by atoms with Gasteiger partial charge in [-0.15, -0.1) is 0 Å². The maximum Gasteiger partial charge on any atom is 0.305 e. The molecular weight excluding hydrogens is 232 g/mol. The van der Waals surface area contributed by atoms with Gasteiger partial charge in [-0.3, -0.25) is 4.79 Å². The number of ether oxygens (including phenoxy) is 1. The normalized spacial score (nSPS) is 10.0. The van der Waals surface area contributed by atoms with Crippen LogP contribution in [0.5, 0.6) is 0 Å². The van der Waals surface area contributed by atoms with Crippen molar-refractivity contribution in [2.75, 3.05) is 11.9 Å². The summed E-state index contributed by atoms with van der Waals surface area (Å²) < 4.78 is 5.01. The van der Waals surface area contributed by atoms with E-state index in [0.29, 0.717) is 13.0 Å². The molecule has 0 aromatic heterocycles. The fourth-order valence-electron chi connectivity index (χ4n) is 0.943. The van der Waals surface area contributed by atoms with E-state index in [0.717, 1.165) is 37.4 Å². The molecule has 0 unspecified atom stereocenters. The maximum atomic E-state index is 11.0. The van der Waals surface area contributed by atoms with E-state index in [4.69, 9.17) is 4.74 Å². The lowest BCUT2D eigenvalue weighted by molar-refractivity contribution is -0.143. The molecule has 0 aliphatic carbocycles. The molecule has 0 rings (SSSR count). The van der Waals surface area contributed by atoms with Crippen LogP contribution in [-0.4, -0.2) is 17.9 Å². The molecular formula is C10H19BrO2. The van der Waals surface area contributed by atoms with Crippen molar-refractivity contribution in [3.63, 3.8) is 0 Å². The minimum Gasteiger partial charge on any atom is -0.466 e. The van der Waals surface area contributed by atoms with Gasteiger partial charge in [0.1, 0.15) is 0 Å². The first-order chi connectivity index (χ1) is 6.31. The lowest BCUT2D eigenvalue weighted by atomic mass is 10.2. The SMILES string of the molecule is CCCCOC(=O)CCCCCBr. The van der Waals surface area contributed by atoms with Gasteiger partial charge in [-0.05, 0) is 19.3 Å². The van der Waals surface area contributed by atoms with Gasteiger partial charge in [0, 0.05) is 11.8 Å². The predicted octanol–water partition coefficient (Wildman–Crippen LogP) is 3.29. The van der Waals surface area contributed by atoms with Gasteiger partial charge in [0.2, 0.25) is 0 Å². The van der Waals surface area contributed by atoms with Crippen LogP contribution in [-0.2, 0) is 9.53 Å². The number of carbonyl (C=O) groups is 1. The average Bonchev–Trinajstić information content (AvgIpc) is 2.13. The van der Waals surface area contributed by atoms with Crippen LogP contribution in [0.3, 0.4) is 0 Å². The first-order valence-electron chi connectivity index (χ1n) is 5.02. The van der Waals surface area contributed by atoms with E-state index >= 15 is 0 Å². The number of alkyl halides is 1. The number of hydrogen-bond donors (Lipinski definition) is 0. The summed E-state index contributed by atoms with van der Waals surface area (Å²) in [5.74, 6) is -0.0389. The van der Waals surface area contributed by atoms with Crippen molar-refractivity contribution in [1.82, 2.24) is 0 Å². The molecule has 13 heavy (non-hydrogen) atoms. The Kier molecular flexibility index (Phi) is 10.00. The molecule has 2 nitrogen and oxygen atoms in total. The Morgan fingerprint density at radius 2 is 2.00 bits per heavy atom. The molecule has 0 amide bonds. The van der Waals surface area contributed by atoms with E-state index in [1.165, 1.54) is 0 Å². The fraction of sp³-hybridized carbons (Fsp3) is 0.900. The van der Waals surface area contributed by atoms with Crippen molar-refractivity contribution in [3.05, 3.63) is 0 Å². The number of hydrogen-bond acceptors (Lipinski definition) is 2. The summed E-state index contributed by atoms with van der Waals surface area (Å²) in [6.07, 6.45) is 5.84. The molecule has 0 saturated carbocycles. The van der Waals surface area contributed by atoms with Gasteiger partial charge in [0.05, 0.1) is 6.61 Å². The van der Waals surface area contributed by atoms with E-state index < -0.39 is 0 Å². The van der Waals surface area contributed by atoms with Gasteiger partial charge < -0.3 is 4.74 Å². The summed E-state index contributed by atoms with van der Waals surface area (Å²) >= 11 is 3.35. The number of rotatable bonds is 8. The van der Waals surface area contributed by atoms with Crippen molar-refractivity contribution >= 4 is 21.9 Å². The van der Waals surface area contributed by atoms with Crippen LogP contribution in [0.1, 0.15) is 45.4 Å². The van der Waals surface area contributed by atoms with Gasteiger partial charge in [0.25, 0.3) is 0 Å². The van der Waals surface area contributed by atoms with E-state index in [1.54, 1.807) is 0 Å². The topological polar surface area (TPSA) is 26.3 Å². The third-order valence-electron chi connectivity index (χ3n) is 1.78. The highest BCUT2D eigenvalue weighted by Crippen LogP contribution is 2.03. The zero-order chi connectivity index (χ0) is 9.94. The standard InChI is InChI=1S/C10H19BrO2/c1-2-3-9-13-10(12)7-5-4-6-8-11/h2-9H2,1H3. The summed E-state index contributed by atoms with van der Waals surface area (Å²) in [6, 6.07) is 0. The molecule has 0 bridgehead atoms. The molecule has 0 heterocycles. The van der Waals surface area contributed by atoms with Crippen LogP contribution in [0.15, 0.2) is 0 Å². The van der Waals surface area contributed by atoms with Crippen molar-refractivity contribution < 1.29 is 9.53 Å². The van der Waals surface area contributed by atoms with Gasteiger partial charge in [-0.25, -0.2) is 0 Å². The molecule has 0 aliphatic heterocycles. The predicted molar refractivity (Wildman–Crippen MR) is 58.1 cm³/mol. The molecule has 0 spiro atoms. The third kappa shape index (κ3) is 9.87. The second-order valence-electron chi connectivity index (χ2n) is 3.07. The first kappa shape index (κ1) is 12.9.